The number of hydrogen-bond donors (Lipinski definition) is 2. The predicted octanol–water partition coefficient (Wildman–Crippen LogP) is 2.19. The Balaban J connectivity index is 2.16. The lowest BCUT2D eigenvalue weighted by molar-refractivity contribution is -0.117. The summed E-state index contributed by atoms with van der Waals surface area (Å²) in [6.07, 6.45) is 10.5. The number of rotatable bonds is 2. The zero-order chi connectivity index (χ0) is 13.8. The number of aliphatic imine (C=N–C) groups is 1. The molecule has 4 nitrogen and oxygen atoms in total. The van der Waals surface area contributed by atoms with Crippen molar-refractivity contribution in [3.63, 3.8) is 0 Å². The van der Waals surface area contributed by atoms with Crippen LogP contribution in [0.2, 0.25) is 0 Å². The molecule has 0 radical (unpaired) electrons. The molecule has 0 spiro atoms. The quantitative estimate of drug-likeness (QED) is 0.745. The fourth-order valence-electron chi connectivity index (χ4n) is 1.94. The molecule has 100 valence electrons. The molecule has 4 heteroatoms. The molecule has 0 bridgehead atoms. The first kappa shape index (κ1) is 13.3. The summed E-state index contributed by atoms with van der Waals surface area (Å²) in [4.78, 5) is 16.0. The molecule has 0 saturated carbocycles. The van der Waals surface area contributed by atoms with Gasteiger partial charge in [-0.2, -0.15) is 0 Å². The van der Waals surface area contributed by atoms with Gasteiger partial charge in [0.2, 0.25) is 0 Å². The topological polar surface area (TPSA) is 53.5 Å². The van der Waals surface area contributed by atoms with Gasteiger partial charge in [0.1, 0.15) is 6.17 Å². The normalized spacial score (nSPS) is 27.5. The first-order chi connectivity index (χ1) is 9.08. The highest BCUT2D eigenvalue weighted by molar-refractivity contribution is 6.14. The van der Waals surface area contributed by atoms with Crippen molar-refractivity contribution in [1.29, 1.82) is 0 Å². The van der Waals surface area contributed by atoms with Gasteiger partial charge in [-0.05, 0) is 38.1 Å². The summed E-state index contributed by atoms with van der Waals surface area (Å²) < 4.78 is 0. The van der Waals surface area contributed by atoms with Crippen molar-refractivity contribution < 1.29 is 4.79 Å². The van der Waals surface area contributed by atoms with Gasteiger partial charge >= 0.3 is 0 Å². The maximum atomic E-state index is 11.8. The summed E-state index contributed by atoms with van der Waals surface area (Å²) in [6.45, 7) is 5.83. The average molecular weight is 257 g/mol. The molecule has 2 heterocycles. The molecule has 0 aromatic rings. The second kappa shape index (κ2) is 5.69. The highest BCUT2D eigenvalue weighted by Crippen LogP contribution is 2.14. The standard InChI is InChI=1S/C15H19N3O/c1-10(13-9-17-12(3)18-15(13)19)6-7-11(2)14-5-4-8-16-14/h4,6-9,12,16H,5H2,1-3H3,(H,18,19)/t12-/m0/s1. The van der Waals surface area contributed by atoms with Crippen LogP contribution in [0.4, 0.5) is 0 Å². The number of allylic oxidation sites excluding steroid dienone is 5. The molecule has 0 saturated heterocycles. The molecule has 0 unspecified atom stereocenters. The van der Waals surface area contributed by atoms with Crippen LogP contribution in [-0.4, -0.2) is 18.3 Å². The Bertz CT molecular complexity index is 526. The van der Waals surface area contributed by atoms with Crippen LogP contribution < -0.4 is 10.6 Å². The second-order valence-electron chi connectivity index (χ2n) is 4.77. The molecule has 0 aromatic carbocycles. The molecule has 2 aliphatic heterocycles. The average Bonchev–Trinajstić information content (AvgIpc) is 2.89. The van der Waals surface area contributed by atoms with Gasteiger partial charge in [0.25, 0.3) is 5.91 Å². The van der Waals surface area contributed by atoms with Gasteiger partial charge in [0.15, 0.2) is 0 Å². The second-order valence-corrected chi connectivity index (χ2v) is 4.77. The van der Waals surface area contributed by atoms with Crippen LogP contribution in [0.3, 0.4) is 0 Å². The van der Waals surface area contributed by atoms with Gasteiger partial charge < -0.3 is 10.6 Å². The highest BCUT2D eigenvalue weighted by atomic mass is 16.2. The van der Waals surface area contributed by atoms with Crippen LogP contribution in [0, 0.1) is 0 Å². The number of hydrogen-bond acceptors (Lipinski definition) is 3. The molecular formula is C15H19N3O. The van der Waals surface area contributed by atoms with Crippen molar-refractivity contribution in [2.24, 2.45) is 4.99 Å². The van der Waals surface area contributed by atoms with E-state index in [4.69, 9.17) is 0 Å². The Hall–Kier alpha value is -2.10. The van der Waals surface area contributed by atoms with E-state index in [0.29, 0.717) is 5.57 Å². The van der Waals surface area contributed by atoms with Gasteiger partial charge in [0.05, 0.1) is 5.57 Å². The fraction of sp³-hybridized carbons (Fsp3) is 0.333. The minimum absolute atomic E-state index is 0.0596. The summed E-state index contributed by atoms with van der Waals surface area (Å²) in [5, 5.41) is 5.99. The Kier molecular flexibility index (Phi) is 4.00. The van der Waals surface area contributed by atoms with E-state index < -0.39 is 0 Å². The number of amides is 1. The summed E-state index contributed by atoms with van der Waals surface area (Å²) in [5.41, 5.74) is 3.92. The zero-order valence-electron chi connectivity index (χ0n) is 11.5. The fourth-order valence-corrected chi connectivity index (χ4v) is 1.94. The predicted molar refractivity (Wildman–Crippen MR) is 77.5 cm³/mol. The highest BCUT2D eigenvalue weighted by Gasteiger charge is 2.16. The van der Waals surface area contributed by atoms with Crippen molar-refractivity contribution in [2.75, 3.05) is 0 Å². The third kappa shape index (κ3) is 3.22. The first-order valence-electron chi connectivity index (χ1n) is 6.42. The Labute approximate surface area is 113 Å². The van der Waals surface area contributed by atoms with Crippen molar-refractivity contribution in [2.45, 2.75) is 33.4 Å². The van der Waals surface area contributed by atoms with Crippen LogP contribution >= 0.6 is 0 Å². The van der Waals surface area contributed by atoms with E-state index in [9.17, 15) is 4.79 Å². The molecule has 2 aliphatic rings. The van der Waals surface area contributed by atoms with E-state index >= 15 is 0 Å². The van der Waals surface area contributed by atoms with Crippen molar-refractivity contribution in [3.8, 4) is 0 Å². The van der Waals surface area contributed by atoms with Crippen LogP contribution in [-0.2, 0) is 4.79 Å². The largest absolute Gasteiger partial charge is 0.365 e. The number of nitrogens with zero attached hydrogens (tertiary/aromatic N) is 1. The van der Waals surface area contributed by atoms with E-state index in [2.05, 4.69) is 28.6 Å². The van der Waals surface area contributed by atoms with E-state index in [1.165, 1.54) is 11.3 Å². The first-order valence-corrected chi connectivity index (χ1v) is 6.42. The maximum Gasteiger partial charge on any atom is 0.254 e. The summed E-state index contributed by atoms with van der Waals surface area (Å²) in [5.74, 6) is -0.0596. The van der Waals surface area contributed by atoms with Gasteiger partial charge in [-0.25, -0.2) is 0 Å². The van der Waals surface area contributed by atoms with E-state index in [-0.39, 0.29) is 12.1 Å². The van der Waals surface area contributed by atoms with Gasteiger partial charge in [-0.15, -0.1) is 0 Å². The van der Waals surface area contributed by atoms with Gasteiger partial charge in [-0.3, -0.25) is 9.79 Å². The lowest BCUT2D eigenvalue weighted by Crippen LogP contribution is -2.36. The zero-order valence-corrected chi connectivity index (χ0v) is 11.5. The van der Waals surface area contributed by atoms with E-state index in [1.54, 1.807) is 6.21 Å². The SMILES string of the molecule is CC(C=CC(C)=C1C=N[C@H](C)NC1=O)=C1CC=CN1. The Morgan fingerprint density at radius 2 is 2.11 bits per heavy atom. The van der Waals surface area contributed by atoms with E-state index in [1.807, 2.05) is 32.2 Å². The summed E-state index contributed by atoms with van der Waals surface area (Å²) in [6, 6.07) is 0. The molecule has 1 amide bonds. The van der Waals surface area contributed by atoms with Crippen LogP contribution in [0.15, 0.2) is 51.8 Å². The maximum absolute atomic E-state index is 11.8. The minimum atomic E-state index is -0.134. The van der Waals surface area contributed by atoms with Crippen molar-refractivity contribution in [1.82, 2.24) is 10.6 Å². The molecule has 0 aromatic heterocycles. The Morgan fingerprint density at radius 1 is 1.37 bits per heavy atom. The molecule has 1 atom stereocenters. The minimum Gasteiger partial charge on any atom is -0.365 e. The van der Waals surface area contributed by atoms with E-state index in [0.717, 1.165) is 12.0 Å². The third-order valence-corrected chi connectivity index (χ3v) is 3.19. The number of carbonyl (C=O) groups is 1. The van der Waals surface area contributed by atoms with Crippen LogP contribution in [0.5, 0.6) is 0 Å². The van der Waals surface area contributed by atoms with Crippen LogP contribution in [0.1, 0.15) is 27.2 Å². The van der Waals surface area contributed by atoms with Crippen LogP contribution in [0.25, 0.3) is 0 Å². The lowest BCUT2D eigenvalue weighted by atomic mass is 10.1. The molecule has 19 heavy (non-hydrogen) atoms. The monoisotopic (exact) mass is 257 g/mol. The lowest BCUT2D eigenvalue weighted by Gasteiger charge is -2.16. The molecule has 2 rings (SSSR count). The Morgan fingerprint density at radius 3 is 2.74 bits per heavy atom. The van der Waals surface area contributed by atoms with Crippen molar-refractivity contribution in [3.05, 3.63) is 46.8 Å². The molecule has 0 aliphatic carbocycles. The van der Waals surface area contributed by atoms with Crippen molar-refractivity contribution >= 4 is 12.1 Å². The van der Waals surface area contributed by atoms with Gasteiger partial charge in [-0.1, -0.05) is 18.2 Å². The number of nitrogens with one attached hydrogen (secondary N) is 2. The molecule has 0 fully saturated rings. The summed E-state index contributed by atoms with van der Waals surface area (Å²) in [7, 11) is 0. The number of carbonyl (C=O) groups excluding carboxylic acids is 1. The summed E-state index contributed by atoms with van der Waals surface area (Å²) >= 11 is 0. The van der Waals surface area contributed by atoms with Gasteiger partial charge in [0, 0.05) is 18.3 Å². The third-order valence-electron chi connectivity index (χ3n) is 3.19. The molecule has 2 N–H and O–H groups in total. The smallest absolute Gasteiger partial charge is 0.254 e. The molecular weight excluding hydrogens is 238 g/mol.